The van der Waals surface area contributed by atoms with Crippen LogP contribution >= 0.6 is 11.6 Å². The number of aliphatic hydroxyl groups excluding tert-OH is 1. The van der Waals surface area contributed by atoms with Crippen LogP contribution in [0, 0.1) is 12.8 Å². The first kappa shape index (κ1) is 20.8. The smallest absolute Gasteiger partial charge is 0.436 e. The first-order chi connectivity index (χ1) is 13.2. The first-order valence-corrected chi connectivity index (χ1v) is 9.45. The SMILES string of the molecule is COc1cccc(N2CCC(C(O)Cn3nc(C(F)(F)F)c(Cl)c3C)CC2)c1. The summed E-state index contributed by atoms with van der Waals surface area (Å²) in [6, 6.07) is 7.78. The number of methoxy groups -OCH3 is 1. The van der Waals surface area contributed by atoms with Gasteiger partial charge < -0.3 is 14.7 Å². The van der Waals surface area contributed by atoms with Gasteiger partial charge in [-0.2, -0.15) is 18.3 Å². The van der Waals surface area contributed by atoms with Gasteiger partial charge in [-0.25, -0.2) is 0 Å². The van der Waals surface area contributed by atoms with Crippen LogP contribution in [0.2, 0.25) is 5.02 Å². The van der Waals surface area contributed by atoms with Crippen LogP contribution in [0.1, 0.15) is 24.2 Å². The molecule has 1 fully saturated rings. The predicted molar refractivity (Wildman–Crippen MR) is 101 cm³/mol. The molecule has 0 spiro atoms. The van der Waals surface area contributed by atoms with Gasteiger partial charge in [0, 0.05) is 24.8 Å². The third kappa shape index (κ3) is 4.38. The van der Waals surface area contributed by atoms with Crippen molar-refractivity contribution in [2.45, 2.75) is 38.6 Å². The van der Waals surface area contributed by atoms with Crippen LogP contribution in [-0.4, -0.2) is 41.2 Å². The van der Waals surface area contributed by atoms with E-state index in [9.17, 15) is 18.3 Å². The number of nitrogens with zero attached hydrogens (tertiary/aromatic N) is 3. The second-order valence-electron chi connectivity index (χ2n) is 7.02. The maximum atomic E-state index is 13.0. The summed E-state index contributed by atoms with van der Waals surface area (Å²) >= 11 is 5.78. The fraction of sp³-hybridized carbons (Fsp3) is 0.526. The molecule has 1 aromatic carbocycles. The Kier molecular flexibility index (Phi) is 6.09. The van der Waals surface area contributed by atoms with Crippen molar-refractivity contribution in [1.82, 2.24) is 9.78 Å². The maximum Gasteiger partial charge on any atom is 0.436 e. The molecule has 1 aliphatic heterocycles. The van der Waals surface area contributed by atoms with Crippen molar-refractivity contribution < 1.29 is 23.0 Å². The molecule has 1 N–H and O–H groups in total. The van der Waals surface area contributed by atoms with Crippen molar-refractivity contribution in [3.8, 4) is 5.75 Å². The van der Waals surface area contributed by atoms with Crippen LogP contribution in [0.3, 0.4) is 0 Å². The van der Waals surface area contributed by atoms with Crippen LogP contribution in [0.5, 0.6) is 5.75 Å². The fourth-order valence-electron chi connectivity index (χ4n) is 3.56. The van der Waals surface area contributed by atoms with E-state index in [1.807, 2.05) is 24.3 Å². The molecule has 2 heterocycles. The number of hydrogen-bond donors (Lipinski definition) is 1. The molecule has 1 saturated heterocycles. The molecule has 1 aromatic heterocycles. The second kappa shape index (κ2) is 8.21. The largest absolute Gasteiger partial charge is 0.497 e. The maximum absolute atomic E-state index is 13.0. The highest BCUT2D eigenvalue weighted by Crippen LogP contribution is 2.36. The lowest BCUT2D eigenvalue weighted by atomic mass is 9.91. The highest BCUT2D eigenvalue weighted by Gasteiger charge is 2.38. The van der Waals surface area contributed by atoms with Gasteiger partial charge in [-0.15, -0.1) is 0 Å². The van der Waals surface area contributed by atoms with E-state index in [0.29, 0.717) is 0 Å². The van der Waals surface area contributed by atoms with Gasteiger partial charge in [-0.3, -0.25) is 4.68 Å². The Labute approximate surface area is 166 Å². The molecular formula is C19H23ClF3N3O2. The fourth-order valence-corrected chi connectivity index (χ4v) is 3.80. The Morgan fingerprint density at radius 2 is 2.00 bits per heavy atom. The third-order valence-corrected chi connectivity index (χ3v) is 5.72. The molecule has 0 saturated carbocycles. The number of alkyl halides is 3. The molecule has 3 rings (SSSR count). The van der Waals surface area contributed by atoms with Gasteiger partial charge in [0.15, 0.2) is 5.69 Å². The summed E-state index contributed by atoms with van der Waals surface area (Å²) in [5, 5.41) is 13.7. The zero-order valence-electron chi connectivity index (χ0n) is 15.7. The van der Waals surface area contributed by atoms with Gasteiger partial charge >= 0.3 is 6.18 Å². The van der Waals surface area contributed by atoms with Crippen molar-refractivity contribution in [3.63, 3.8) is 0 Å². The Morgan fingerprint density at radius 3 is 2.57 bits per heavy atom. The van der Waals surface area contributed by atoms with Gasteiger partial charge in [0.1, 0.15) is 5.75 Å². The summed E-state index contributed by atoms with van der Waals surface area (Å²) in [4.78, 5) is 2.21. The molecule has 9 heteroatoms. The van der Waals surface area contributed by atoms with Crippen LogP contribution in [0.4, 0.5) is 18.9 Å². The molecule has 1 aliphatic rings. The summed E-state index contributed by atoms with van der Waals surface area (Å²) < 4.78 is 45.3. The van der Waals surface area contributed by atoms with Crippen LogP contribution in [0.25, 0.3) is 0 Å². The Morgan fingerprint density at radius 1 is 1.32 bits per heavy atom. The topological polar surface area (TPSA) is 50.5 Å². The van der Waals surface area contributed by atoms with E-state index in [1.54, 1.807) is 7.11 Å². The molecule has 1 unspecified atom stereocenters. The minimum absolute atomic E-state index is 0.00847. The van der Waals surface area contributed by atoms with Crippen molar-refractivity contribution in [1.29, 1.82) is 0 Å². The number of aliphatic hydroxyl groups is 1. The third-order valence-electron chi connectivity index (χ3n) is 5.26. The number of benzene rings is 1. The average Bonchev–Trinajstić information content (AvgIpc) is 2.97. The van der Waals surface area contributed by atoms with E-state index in [-0.39, 0.29) is 18.2 Å². The minimum atomic E-state index is -4.61. The highest BCUT2D eigenvalue weighted by molar-refractivity contribution is 6.31. The standard InChI is InChI=1S/C19H23ClF3N3O2/c1-12-17(20)18(19(21,22)23)24-26(12)11-16(27)13-6-8-25(9-7-13)14-4-3-5-15(10-14)28-2/h3-5,10,13,16,27H,6-9,11H2,1-2H3. The minimum Gasteiger partial charge on any atom is -0.497 e. The monoisotopic (exact) mass is 417 g/mol. The molecule has 0 bridgehead atoms. The van der Waals surface area contributed by atoms with Crippen molar-refractivity contribution >= 4 is 17.3 Å². The predicted octanol–water partition coefficient (Wildman–Crippen LogP) is 4.15. The number of hydrogen-bond acceptors (Lipinski definition) is 4. The summed E-state index contributed by atoms with van der Waals surface area (Å²) in [5.74, 6) is 0.768. The Balaban J connectivity index is 1.62. The molecule has 28 heavy (non-hydrogen) atoms. The lowest BCUT2D eigenvalue weighted by molar-refractivity contribution is -0.141. The first-order valence-electron chi connectivity index (χ1n) is 9.08. The van der Waals surface area contributed by atoms with E-state index in [2.05, 4.69) is 10.00 Å². The second-order valence-corrected chi connectivity index (χ2v) is 7.40. The van der Waals surface area contributed by atoms with Crippen LogP contribution < -0.4 is 9.64 Å². The van der Waals surface area contributed by atoms with E-state index < -0.39 is 23.0 Å². The van der Waals surface area contributed by atoms with Crippen LogP contribution in [-0.2, 0) is 12.7 Å². The van der Waals surface area contributed by atoms with E-state index in [4.69, 9.17) is 16.3 Å². The average molecular weight is 418 g/mol. The zero-order chi connectivity index (χ0) is 20.5. The molecular weight excluding hydrogens is 395 g/mol. The number of anilines is 1. The molecule has 0 amide bonds. The van der Waals surface area contributed by atoms with E-state index in [1.165, 1.54) is 6.92 Å². The summed E-state index contributed by atoms with van der Waals surface area (Å²) in [7, 11) is 1.62. The summed E-state index contributed by atoms with van der Waals surface area (Å²) in [6.45, 7) is 2.97. The molecule has 1 atom stereocenters. The van der Waals surface area contributed by atoms with Gasteiger partial charge in [-0.05, 0) is 37.8 Å². The normalized spacial score (nSPS) is 17.0. The molecule has 0 radical (unpaired) electrons. The van der Waals surface area contributed by atoms with Crippen LogP contribution in [0.15, 0.2) is 24.3 Å². The zero-order valence-corrected chi connectivity index (χ0v) is 16.5. The van der Waals surface area contributed by atoms with Gasteiger partial charge in [-0.1, -0.05) is 17.7 Å². The van der Waals surface area contributed by atoms with Crippen molar-refractivity contribution in [2.75, 3.05) is 25.1 Å². The molecule has 0 aliphatic carbocycles. The number of rotatable bonds is 5. The van der Waals surface area contributed by atoms with Gasteiger partial charge in [0.25, 0.3) is 0 Å². The van der Waals surface area contributed by atoms with Crippen molar-refractivity contribution in [3.05, 3.63) is 40.7 Å². The number of ether oxygens (including phenoxy) is 1. The Hall–Kier alpha value is -1.93. The highest BCUT2D eigenvalue weighted by atomic mass is 35.5. The van der Waals surface area contributed by atoms with Crippen molar-refractivity contribution in [2.24, 2.45) is 5.92 Å². The number of aromatic nitrogens is 2. The lowest BCUT2D eigenvalue weighted by Gasteiger charge is -2.35. The molecule has 154 valence electrons. The summed E-state index contributed by atoms with van der Waals surface area (Å²) in [5.41, 5.74) is 0.158. The lowest BCUT2D eigenvalue weighted by Crippen LogP contribution is -2.39. The summed E-state index contributed by atoms with van der Waals surface area (Å²) in [6.07, 6.45) is -3.93. The van der Waals surface area contributed by atoms with E-state index in [0.717, 1.165) is 42.0 Å². The number of piperidine rings is 1. The molecule has 5 nitrogen and oxygen atoms in total. The quantitative estimate of drug-likeness (QED) is 0.794. The Bertz CT molecular complexity index is 817. The molecule has 2 aromatic rings. The van der Waals surface area contributed by atoms with E-state index >= 15 is 0 Å². The van der Waals surface area contributed by atoms with Gasteiger partial charge in [0.2, 0.25) is 0 Å². The number of halogens is 4. The van der Waals surface area contributed by atoms with Gasteiger partial charge in [0.05, 0.1) is 30.5 Å².